The van der Waals surface area contributed by atoms with Crippen LogP contribution in [0.3, 0.4) is 0 Å². The average molecular weight is 459 g/mol. The zero-order valence-corrected chi connectivity index (χ0v) is 18.4. The lowest BCUT2D eigenvalue weighted by molar-refractivity contribution is -0.118. The van der Waals surface area contributed by atoms with Crippen LogP contribution in [0.25, 0.3) is 0 Å². The fourth-order valence-electron chi connectivity index (χ4n) is 3.19. The molecule has 0 aliphatic carbocycles. The van der Waals surface area contributed by atoms with Gasteiger partial charge in [-0.25, -0.2) is 4.79 Å². The molecule has 0 aromatic heterocycles. The summed E-state index contributed by atoms with van der Waals surface area (Å²) in [5, 5.41) is 3.17. The number of rotatable bonds is 3. The molecule has 7 heteroatoms. The molecular weight excluding hydrogens is 436 g/mol. The number of hydrogen-bond acceptors (Lipinski definition) is 5. The third kappa shape index (κ3) is 4.50. The van der Waals surface area contributed by atoms with Crippen molar-refractivity contribution in [2.24, 2.45) is 0 Å². The van der Waals surface area contributed by atoms with Gasteiger partial charge in [-0.1, -0.05) is 22.0 Å². The molecule has 0 spiro atoms. The van der Waals surface area contributed by atoms with Gasteiger partial charge in [0, 0.05) is 22.1 Å². The number of ketones is 2. The third-order valence-corrected chi connectivity index (χ3v) is 5.03. The van der Waals surface area contributed by atoms with E-state index in [1.54, 1.807) is 63.2 Å². The van der Waals surface area contributed by atoms with Crippen LogP contribution in [-0.2, 0) is 9.53 Å². The molecule has 1 amide bonds. The first-order chi connectivity index (χ1) is 13.6. The van der Waals surface area contributed by atoms with Crippen LogP contribution in [0, 0.1) is 0 Å². The molecule has 0 radical (unpaired) electrons. The SMILES string of the molecule is CC(=O)C1CNc2c(C(=O)c3ccc(Br)cc3)cccc2N1C(=O)OC(C)(C)C. The van der Waals surface area contributed by atoms with Crippen LogP contribution in [0.1, 0.15) is 43.6 Å². The number of carbonyl (C=O) groups excluding carboxylic acids is 3. The van der Waals surface area contributed by atoms with Gasteiger partial charge in [0.25, 0.3) is 0 Å². The van der Waals surface area contributed by atoms with Gasteiger partial charge in [0.05, 0.1) is 11.4 Å². The van der Waals surface area contributed by atoms with Gasteiger partial charge in [0.1, 0.15) is 11.6 Å². The molecule has 1 aliphatic heterocycles. The number of para-hydroxylation sites is 1. The molecule has 0 saturated heterocycles. The summed E-state index contributed by atoms with van der Waals surface area (Å²) < 4.78 is 6.41. The van der Waals surface area contributed by atoms with E-state index < -0.39 is 17.7 Å². The van der Waals surface area contributed by atoms with Crippen LogP contribution in [-0.4, -0.2) is 35.8 Å². The summed E-state index contributed by atoms with van der Waals surface area (Å²) in [7, 11) is 0. The van der Waals surface area contributed by atoms with Crippen molar-refractivity contribution in [2.45, 2.75) is 39.3 Å². The second-order valence-electron chi connectivity index (χ2n) is 7.89. The summed E-state index contributed by atoms with van der Waals surface area (Å²) in [5.74, 6) is -0.342. The zero-order chi connectivity index (χ0) is 21.3. The van der Waals surface area contributed by atoms with Crippen LogP contribution >= 0.6 is 15.9 Å². The standard InChI is InChI=1S/C22H23BrN2O4/c1-13(26)18-12-24-19-16(20(27)14-8-10-15(23)11-9-14)6-5-7-17(19)25(18)21(28)29-22(2,3)4/h5-11,18,24H,12H2,1-4H3. The number of nitrogens with one attached hydrogen (secondary N) is 1. The molecule has 1 N–H and O–H groups in total. The number of fused-ring (bicyclic) bond motifs is 1. The Morgan fingerprint density at radius 3 is 2.34 bits per heavy atom. The minimum absolute atomic E-state index is 0.168. The van der Waals surface area contributed by atoms with E-state index in [9.17, 15) is 14.4 Å². The summed E-state index contributed by atoms with van der Waals surface area (Å²) in [6.45, 7) is 6.94. The van der Waals surface area contributed by atoms with Crippen molar-refractivity contribution in [3.63, 3.8) is 0 Å². The minimum atomic E-state index is -0.714. The normalized spacial score (nSPS) is 15.9. The first-order valence-electron chi connectivity index (χ1n) is 9.28. The fourth-order valence-corrected chi connectivity index (χ4v) is 3.46. The summed E-state index contributed by atoms with van der Waals surface area (Å²) in [6, 6.07) is 11.5. The number of hydrogen-bond donors (Lipinski definition) is 1. The van der Waals surface area contributed by atoms with E-state index in [0.29, 0.717) is 22.5 Å². The van der Waals surface area contributed by atoms with Gasteiger partial charge in [-0.15, -0.1) is 0 Å². The van der Waals surface area contributed by atoms with Crippen molar-refractivity contribution in [3.8, 4) is 0 Å². The maximum atomic E-state index is 13.1. The first kappa shape index (κ1) is 21.0. The zero-order valence-electron chi connectivity index (χ0n) is 16.8. The molecule has 0 saturated carbocycles. The van der Waals surface area contributed by atoms with Gasteiger partial charge >= 0.3 is 6.09 Å². The predicted molar refractivity (Wildman–Crippen MR) is 116 cm³/mol. The number of benzene rings is 2. The quantitative estimate of drug-likeness (QED) is 0.668. The van der Waals surface area contributed by atoms with Crippen molar-refractivity contribution in [2.75, 3.05) is 16.8 Å². The lowest BCUT2D eigenvalue weighted by atomic mass is 9.97. The monoisotopic (exact) mass is 458 g/mol. The van der Waals surface area contributed by atoms with Gasteiger partial charge in [-0.3, -0.25) is 14.5 Å². The number of halogens is 1. The maximum absolute atomic E-state index is 13.1. The molecule has 1 atom stereocenters. The summed E-state index contributed by atoms with van der Waals surface area (Å²) >= 11 is 3.37. The van der Waals surface area contributed by atoms with E-state index in [-0.39, 0.29) is 18.1 Å². The van der Waals surface area contributed by atoms with Gasteiger partial charge < -0.3 is 10.1 Å². The Bertz CT molecular complexity index is 964. The molecular formula is C22H23BrN2O4. The summed E-state index contributed by atoms with van der Waals surface area (Å²) in [5.41, 5.74) is 1.22. The topological polar surface area (TPSA) is 75.7 Å². The molecule has 2 aromatic carbocycles. The van der Waals surface area contributed by atoms with E-state index >= 15 is 0 Å². The molecule has 0 fully saturated rings. The first-order valence-corrected chi connectivity index (χ1v) is 10.1. The van der Waals surface area contributed by atoms with Crippen molar-refractivity contribution >= 4 is 45.0 Å². The van der Waals surface area contributed by atoms with E-state index in [1.807, 2.05) is 0 Å². The summed E-state index contributed by atoms with van der Waals surface area (Å²) in [4.78, 5) is 39.6. The minimum Gasteiger partial charge on any atom is -0.443 e. The molecule has 6 nitrogen and oxygen atoms in total. The highest BCUT2D eigenvalue weighted by molar-refractivity contribution is 9.10. The summed E-state index contributed by atoms with van der Waals surface area (Å²) in [6.07, 6.45) is -0.617. The van der Waals surface area contributed by atoms with E-state index in [1.165, 1.54) is 11.8 Å². The van der Waals surface area contributed by atoms with Crippen molar-refractivity contribution < 1.29 is 19.1 Å². The highest BCUT2D eigenvalue weighted by Gasteiger charge is 2.38. The van der Waals surface area contributed by atoms with Crippen LogP contribution in [0.2, 0.25) is 0 Å². The molecule has 2 aromatic rings. The number of nitrogens with zero attached hydrogens (tertiary/aromatic N) is 1. The Morgan fingerprint density at radius 2 is 1.76 bits per heavy atom. The molecule has 29 heavy (non-hydrogen) atoms. The van der Waals surface area contributed by atoms with Crippen LogP contribution in [0.4, 0.5) is 16.2 Å². The van der Waals surface area contributed by atoms with E-state index in [0.717, 1.165) is 4.47 Å². The highest BCUT2D eigenvalue weighted by Crippen LogP contribution is 2.37. The Labute approximate surface area is 178 Å². The number of ether oxygens (including phenoxy) is 1. The Hall–Kier alpha value is -2.67. The Balaban J connectivity index is 2.06. The molecule has 152 valence electrons. The number of carbonyl (C=O) groups is 3. The Morgan fingerprint density at radius 1 is 1.10 bits per heavy atom. The number of amides is 1. The number of Topliss-reactive ketones (excluding diaryl/α,β-unsaturated/α-hetero) is 1. The molecule has 1 unspecified atom stereocenters. The van der Waals surface area contributed by atoms with E-state index in [2.05, 4.69) is 21.2 Å². The molecule has 0 bridgehead atoms. The van der Waals surface area contributed by atoms with E-state index in [4.69, 9.17) is 4.74 Å². The van der Waals surface area contributed by atoms with Crippen LogP contribution in [0.15, 0.2) is 46.9 Å². The van der Waals surface area contributed by atoms with Crippen molar-refractivity contribution in [3.05, 3.63) is 58.1 Å². The second-order valence-corrected chi connectivity index (χ2v) is 8.81. The van der Waals surface area contributed by atoms with Crippen LogP contribution in [0.5, 0.6) is 0 Å². The third-order valence-electron chi connectivity index (χ3n) is 4.50. The highest BCUT2D eigenvalue weighted by atomic mass is 79.9. The van der Waals surface area contributed by atoms with Crippen molar-refractivity contribution in [1.82, 2.24) is 0 Å². The van der Waals surface area contributed by atoms with Gasteiger partial charge in [0.2, 0.25) is 0 Å². The Kier molecular flexibility index (Phi) is 5.80. The van der Waals surface area contributed by atoms with Gasteiger partial charge in [0.15, 0.2) is 11.6 Å². The van der Waals surface area contributed by atoms with Crippen molar-refractivity contribution in [1.29, 1.82) is 0 Å². The lowest BCUT2D eigenvalue weighted by Crippen LogP contribution is -2.52. The predicted octanol–water partition coefficient (Wildman–Crippen LogP) is 4.80. The molecule has 1 heterocycles. The fraction of sp³-hybridized carbons (Fsp3) is 0.318. The smallest absolute Gasteiger partial charge is 0.415 e. The molecule has 1 aliphatic rings. The van der Waals surface area contributed by atoms with Gasteiger partial charge in [-0.2, -0.15) is 0 Å². The average Bonchev–Trinajstić information content (AvgIpc) is 2.65. The molecule has 3 rings (SSSR count). The second kappa shape index (κ2) is 7.99. The lowest BCUT2D eigenvalue weighted by Gasteiger charge is -2.37. The largest absolute Gasteiger partial charge is 0.443 e. The number of anilines is 2. The van der Waals surface area contributed by atoms with Gasteiger partial charge in [-0.05, 0) is 64.1 Å². The van der Waals surface area contributed by atoms with Crippen LogP contribution < -0.4 is 10.2 Å². The maximum Gasteiger partial charge on any atom is 0.415 e.